The fourth-order valence-electron chi connectivity index (χ4n) is 1.74. The summed E-state index contributed by atoms with van der Waals surface area (Å²) >= 11 is 0. The van der Waals surface area contributed by atoms with E-state index < -0.39 is 10.0 Å². The largest absolute Gasteiger partial charge is 0.325 e. The van der Waals surface area contributed by atoms with Gasteiger partial charge in [-0.3, -0.25) is 0 Å². The van der Waals surface area contributed by atoms with Crippen LogP contribution in [0.3, 0.4) is 0 Å². The minimum atomic E-state index is -3.34. The molecule has 1 aromatic carbocycles. The van der Waals surface area contributed by atoms with E-state index in [0.29, 0.717) is 24.2 Å². The smallest absolute Gasteiger partial charge is 0.218 e. The molecule has 2 N–H and O–H groups in total. The third-order valence-corrected chi connectivity index (χ3v) is 4.51. The van der Waals surface area contributed by atoms with Gasteiger partial charge in [-0.05, 0) is 11.6 Å². The molecule has 1 fully saturated rings. The van der Waals surface area contributed by atoms with E-state index in [1.807, 2.05) is 6.07 Å². The van der Waals surface area contributed by atoms with E-state index in [9.17, 15) is 8.42 Å². The Morgan fingerprint density at radius 2 is 2.06 bits per heavy atom. The second-order valence-corrected chi connectivity index (χ2v) is 6.07. The third-order valence-electron chi connectivity index (χ3n) is 2.75. The zero-order valence-electron chi connectivity index (χ0n) is 9.20. The van der Waals surface area contributed by atoms with Gasteiger partial charge in [-0.2, -0.15) is 9.57 Å². The summed E-state index contributed by atoms with van der Waals surface area (Å²) in [6, 6.07) is 8.66. The van der Waals surface area contributed by atoms with Crippen molar-refractivity contribution >= 4 is 10.0 Å². The molecule has 0 aromatic heterocycles. The molecule has 1 saturated heterocycles. The average Bonchev–Trinajstić information content (AvgIpc) is 2.25. The second-order valence-electron chi connectivity index (χ2n) is 4.10. The summed E-state index contributed by atoms with van der Waals surface area (Å²) in [4.78, 5) is 0. The van der Waals surface area contributed by atoms with Crippen LogP contribution in [0.4, 0.5) is 0 Å². The van der Waals surface area contributed by atoms with Crippen molar-refractivity contribution < 1.29 is 8.42 Å². The zero-order valence-corrected chi connectivity index (χ0v) is 10.0. The summed E-state index contributed by atoms with van der Waals surface area (Å²) in [7, 11) is -3.34. The molecule has 0 radical (unpaired) electrons. The van der Waals surface area contributed by atoms with Gasteiger partial charge < -0.3 is 5.73 Å². The Bertz CT molecular complexity index is 556. The molecule has 17 heavy (non-hydrogen) atoms. The Hall–Kier alpha value is -1.42. The van der Waals surface area contributed by atoms with Crippen molar-refractivity contribution in [3.05, 3.63) is 35.4 Å². The number of sulfonamides is 1. The third kappa shape index (κ3) is 2.47. The Balaban J connectivity index is 2.18. The predicted octanol–water partition coefficient (Wildman–Crippen LogP) is 0.0310. The maximum atomic E-state index is 12.0. The number of nitriles is 1. The average molecular weight is 251 g/mol. The van der Waals surface area contributed by atoms with Crippen LogP contribution in [0.15, 0.2) is 24.3 Å². The van der Waals surface area contributed by atoms with Crippen LogP contribution >= 0.6 is 0 Å². The van der Waals surface area contributed by atoms with Gasteiger partial charge in [-0.1, -0.05) is 18.2 Å². The van der Waals surface area contributed by atoms with Crippen molar-refractivity contribution in [2.45, 2.75) is 11.8 Å². The van der Waals surface area contributed by atoms with Crippen molar-refractivity contribution in [3.8, 4) is 6.07 Å². The SMILES string of the molecule is N#Cc1ccccc1CS(=O)(=O)N1CC(N)C1. The number of rotatable bonds is 3. The molecule has 0 amide bonds. The number of hydrogen-bond acceptors (Lipinski definition) is 4. The summed E-state index contributed by atoms with van der Waals surface area (Å²) in [6.45, 7) is 0.744. The van der Waals surface area contributed by atoms with Gasteiger partial charge in [0, 0.05) is 19.1 Å². The molecule has 5 nitrogen and oxygen atoms in total. The lowest BCUT2D eigenvalue weighted by Crippen LogP contribution is -2.57. The first-order valence-corrected chi connectivity index (χ1v) is 6.85. The minimum Gasteiger partial charge on any atom is -0.325 e. The molecule has 0 unspecified atom stereocenters. The first kappa shape index (κ1) is 12.0. The van der Waals surface area contributed by atoms with Crippen LogP contribution in [0.2, 0.25) is 0 Å². The van der Waals surface area contributed by atoms with E-state index in [-0.39, 0.29) is 11.8 Å². The fourth-order valence-corrected chi connectivity index (χ4v) is 3.40. The first-order chi connectivity index (χ1) is 8.03. The van der Waals surface area contributed by atoms with Crippen LogP contribution in [-0.2, 0) is 15.8 Å². The van der Waals surface area contributed by atoms with E-state index in [2.05, 4.69) is 0 Å². The van der Waals surface area contributed by atoms with Crippen LogP contribution in [-0.4, -0.2) is 31.9 Å². The standard InChI is InChI=1S/C11H13N3O2S/c12-5-9-3-1-2-4-10(9)8-17(15,16)14-6-11(13)7-14/h1-4,11H,6-8,13H2. The molecule has 0 atom stereocenters. The highest BCUT2D eigenvalue weighted by molar-refractivity contribution is 7.88. The van der Waals surface area contributed by atoms with Crippen molar-refractivity contribution in [2.75, 3.05) is 13.1 Å². The van der Waals surface area contributed by atoms with Crippen LogP contribution in [0.25, 0.3) is 0 Å². The Morgan fingerprint density at radius 3 is 2.65 bits per heavy atom. The Labute approximate surface area is 101 Å². The van der Waals surface area contributed by atoms with Crippen LogP contribution in [0.5, 0.6) is 0 Å². The van der Waals surface area contributed by atoms with E-state index in [1.165, 1.54) is 4.31 Å². The van der Waals surface area contributed by atoms with Gasteiger partial charge in [-0.15, -0.1) is 0 Å². The molecule has 0 bridgehead atoms. The van der Waals surface area contributed by atoms with Crippen LogP contribution < -0.4 is 5.73 Å². The monoisotopic (exact) mass is 251 g/mol. The molecule has 1 heterocycles. The van der Waals surface area contributed by atoms with Gasteiger partial charge in [0.25, 0.3) is 0 Å². The molecular weight excluding hydrogens is 238 g/mol. The van der Waals surface area contributed by atoms with E-state index in [1.54, 1.807) is 24.3 Å². The summed E-state index contributed by atoms with van der Waals surface area (Å²) in [5.74, 6) is -0.135. The van der Waals surface area contributed by atoms with E-state index in [0.717, 1.165) is 0 Å². The van der Waals surface area contributed by atoms with Crippen molar-refractivity contribution in [3.63, 3.8) is 0 Å². The molecule has 1 aliphatic heterocycles. The van der Waals surface area contributed by atoms with Gasteiger partial charge in [-0.25, -0.2) is 8.42 Å². The molecule has 0 spiro atoms. The quantitative estimate of drug-likeness (QED) is 0.821. The highest BCUT2D eigenvalue weighted by Crippen LogP contribution is 2.18. The van der Waals surface area contributed by atoms with Gasteiger partial charge in [0.1, 0.15) is 0 Å². The van der Waals surface area contributed by atoms with Gasteiger partial charge in [0.05, 0.1) is 17.4 Å². The molecule has 1 aromatic rings. The van der Waals surface area contributed by atoms with Crippen molar-refractivity contribution in [1.29, 1.82) is 5.26 Å². The lowest BCUT2D eigenvalue weighted by molar-refractivity contribution is 0.265. The number of nitrogens with zero attached hydrogens (tertiary/aromatic N) is 2. The topological polar surface area (TPSA) is 87.2 Å². The van der Waals surface area contributed by atoms with Gasteiger partial charge >= 0.3 is 0 Å². The summed E-state index contributed by atoms with van der Waals surface area (Å²) in [6.07, 6.45) is 0. The van der Waals surface area contributed by atoms with Gasteiger partial charge in [0.15, 0.2) is 0 Å². The molecule has 90 valence electrons. The lowest BCUT2D eigenvalue weighted by atomic mass is 10.1. The summed E-state index contributed by atoms with van der Waals surface area (Å²) < 4.78 is 25.3. The number of hydrogen-bond donors (Lipinski definition) is 1. The van der Waals surface area contributed by atoms with Crippen molar-refractivity contribution in [2.24, 2.45) is 5.73 Å². The molecule has 0 aliphatic carbocycles. The maximum Gasteiger partial charge on any atom is 0.218 e. The van der Waals surface area contributed by atoms with Crippen molar-refractivity contribution in [1.82, 2.24) is 4.31 Å². The number of nitrogens with two attached hydrogens (primary N) is 1. The molecule has 1 aliphatic rings. The van der Waals surface area contributed by atoms with E-state index in [4.69, 9.17) is 11.0 Å². The second kappa shape index (κ2) is 4.45. The maximum absolute atomic E-state index is 12.0. The normalized spacial score (nSPS) is 17.4. The van der Waals surface area contributed by atoms with Gasteiger partial charge in [0.2, 0.25) is 10.0 Å². The molecule has 0 saturated carbocycles. The molecular formula is C11H13N3O2S. The Morgan fingerprint density at radius 1 is 1.41 bits per heavy atom. The highest BCUT2D eigenvalue weighted by Gasteiger charge is 2.33. The van der Waals surface area contributed by atoms with Crippen LogP contribution in [0.1, 0.15) is 11.1 Å². The predicted molar refractivity (Wildman–Crippen MR) is 63.3 cm³/mol. The summed E-state index contributed by atoms with van der Waals surface area (Å²) in [5, 5.41) is 8.89. The van der Waals surface area contributed by atoms with E-state index >= 15 is 0 Å². The Kier molecular flexibility index (Phi) is 3.15. The zero-order chi connectivity index (χ0) is 12.5. The van der Waals surface area contributed by atoms with Crippen LogP contribution in [0, 0.1) is 11.3 Å². The summed E-state index contributed by atoms with van der Waals surface area (Å²) in [5.41, 5.74) is 6.50. The minimum absolute atomic E-state index is 0.0593. The number of benzene rings is 1. The first-order valence-electron chi connectivity index (χ1n) is 5.24. The molecule has 2 rings (SSSR count). The molecule has 6 heteroatoms. The lowest BCUT2D eigenvalue weighted by Gasteiger charge is -2.35. The fraction of sp³-hybridized carbons (Fsp3) is 0.364. The highest BCUT2D eigenvalue weighted by atomic mass is 32.2.